The van der Waals surface area contributed by atoms with E-state index in [9.17, 15) is 13.2 Å². The zero-order valence-electron chi connectivity index (χ0n) is 15.5. The third kappa shape index (κ3) is 3.93. The molecule has 0 bridgehead atoms. The number of halogens is 1. The van der Waals surface area contributed by atoms with E-state index < -0.39 is 10.0 Å². The fourth-order valence-electron chi connectivity index (χ4n) is 3.35. The predicted octanol–water partition coefficient (Wildman–Crippen LogP) is 2.16. The van der Waals surface area contributed by atoms with Crippen molar-refractivity contribution in [1.29, 1.82) is 0 Å². The van der Waals surface area contributed by atoms with Crippen molar-refractivity contribution in [3.05, 3.63) is 53.8 Å². The van der Waals surface area contributed by atoms with Crippen molar-refractivity contribution >= 4 is 44.3 Å². The highest BCUT2D eigenvalue weighted by Crippen LogP contribution is 2.25. The standard InChI is InChI=1S/C19H20ClN5O3S/c20-15-5-1-2-6-16(15)22-13-18(26)24-8-10-25(11-9-24)29(27,28)17-12-23-19-14(17)4-3-7-21-19/h1-7,12,22H,8-11,13H2,(H,21,23). The molecule has 2 N–H and O–H groups in total. The number of pyridine rings is 1. The van der Waals surface area contributed by atoms with Gasteiger partial charge in [0.2, 0.25) is 15.9 Å². The lowest BCUT2D eigenvalue weighted by molar-refractivity contribution is -0.130. The first-order valence-corrected chi connectivity index (χ1v) is 11.0. The second kappa shape index (κ2) is 8.02. The molecule has 152 valence electrons. The summed E-state index contributed by atoms with van der Waals surface area (Å²) in [7, 11) is -3.66. The SMILES string of the molecule is O=C(CNc1ccccc1Cl)N1CCN(S(=O)(=O)c2c[nH]c3ncccc23)CC1. The molecule has 1 fully saturated rings. The van der Waals surface area contributed by atoms with E-state index in [1.54, 1.807) is 35.4 Å². The van der Waals surface area contributed by atoms with Crippen molar-refractivity contribution < 1.29 is 13.2 Å². The molecule has 0 atom stereocenters. The van der Waals surface area contributed by atoms with Gasteiger partial charge in [-0.3, -0.25) is 4.79 Å². The van der Waals surface area contributed by atoms with Crippen LogP contribution in [-0.2, 0) is 14.8 Å². The Morgan fingerprint density at radius 2 is 1.90 bits per heavy atom. The fraction of sp³-hybridized carbons (Fsp3) is 0.263. The van der Waals surface area contributed by atoms with Crippen molar-refractivity contribution in [3.63, 3.8) is 0 Å². The number of para-hydroxylation sites is 1. The van der Waals surface area contributed by atoms with Crippen LogP contribution in [0.15, 0.2) is 53.7 Å². The summed E-state index contributed by atoms with van der Waals surface area (Å²) in [5.41, 5.74) is 1.22. The van der Waals surface area contributed by atoms with Crippen LogP contribution in [0.1, 0.15) is 0 Å². The number of aromatic amines is 1. The zero-order chi connectivity index (χ0) is 20.4. The van der Waals surface area contributed by atoms with Crippen molar-refractivity contribution in [2.75, 3.05) is 38.0 Å². The van der Waals surface area contributed by atoms with Gasteiger partial charge in [0.05, 0.1) is 17.3 Å². The third-order valence-corrected chi connectivity index (χ3v) is 7.19. The van der Waals surface area contributed by atoms with E-state index in [0.717, 1.165) is 0 Å². The lowest BCUT2D eigenvalue weighted by Crippen LogP contribution is -2.51. The second-order valence-corrected chi connectivity index (χ2v) is 8.98. The van der Waals surface area contributed by atoms with Crippen LogP contribution in [0.3, 0.4) is 0 Å². The van der Waals surface area contributed by atoms with Gasteiger partial charge in [0, 0.05) is 44.0 Å². The highest BCUT2D eigenvalue weighted by molar-refractivity contribution is 7.89. The Hall–Kier alpha value is -2.62. The molecule has 0 aliphatic carbocycles. The first-order chi connectivity index (χ1) is 14.0. The Morgan fingerprint density at radius 1 is 1.14 bits per heavy atom. The lowest BCUT2D eigenvalue weighted by atomic mass is 10.3. The highest BCUT2D eigenvalue weighted by Gasteiger charge is 2.31. The number of fused-ring (bicyclic) bond motifs is 1. The van der Waals surface area contributed by atoms with Crippen molar-refractivity contribution in [2.24, 2.45) is 0 Å². The monoisotopic (exact) mass is 433 g/mol. The van der Waals surface area contributed by atoms with E-state index >= 15 is 0 Å². The molecule has 1 aromatic carbocycles. The minimum absolute atomic E-state index is 0.0988. The summed E-state index contributed by atoms with van der Waals surface area (Å²) < 4.78 is 27.5. The first kappa shape index (κ1) is 19.7. The molecule has 1 saturated heterocycles. The average Bonchev–Trinajstić information content (AvgIpc) is 3.18. The molecule has 29 heavy (non-hydrogen) atoms. The van der Waals surface area contributed by atoms with Gasteiger partial charge < -0.3 is 15.2 Å². The molecule has 1 aliphatic rings. The molecule has 3 heterocycles. The van der Waals surface area contributed by atoms with Crippen LogP contribution in [0, 0.1) is 0 Å². The van der Waals surface area contributed by atoms with E-state index in [4.69, 9.17) is 11.6 Å². The van der Waals surface area contributed by atoms with Crippen LogP contribution in [0.25, 0.3) is 11.0 Å². The summed E-state index contributed by atoms with van der Waals surface area (Å²) in [6.45, 7) is 1.26. The largest absolute Gasteiger partial charge is 0.375 e. The van der Waals surface area contributed by atoms with Gasteiger partial charge in [-0.15, -0.1) is 0 Å². The number of carbonyl (C=O) groups excluding carboxylic acids is 1. The second-order valence-electron chi connectivity index (χ2n) is 6.67. The summed E-state index contributed by atoms with van der Waals surface area (Å²) in [5, 5.41) is 4.14. The van der Waals surface area contributed by atoms with Crippen LogP contribution in [-0.4, -0.2) is 66.2 Å². The third-order valence-electron chi connectivity index (χ3n) is 4.93. The molecule has 8 nitrogen and oxygen atoms in total. The van der Waals surface area contributed by atoms with Gasteiger partial charge in [-0.25, -0.2) is 13.4 Å². The summed E-state index contributed by atoms with van der Waals surface area (Å²) in [5.74, 6) is -0.0988. The molecule has 1 aliphatic heterocycles. The number of piperazine rings is 1. The number of carbonyl (C=O) groups is 1. The van der Waals surface area contributed by atoms with E-state index in [2.05, 4.69) is 15.3 Å². The lowest BCUT2D eigenvalue weighted by Gasteiger charge is -2.34. The number of sulfonamides is 1. The van der Waals surface area contributed by atoms with E-state index in [-0.39, 0.29) is 30.4 Å². The molecule has 10 heteroatoms. The maximum absolute atomic E-state index is 13.0. The number of rotatable bonds is 5. The Kier molecular flexibility index (Phi) is 5.44. The highest BCUT2D eigenvalue weighted by atomic mass is 35.5. The van der Waals surface area contributed by atoms with Crippen LogP contribution < -0.4 is 5.32 Å². The van der Waals surface area contributed by atoms with E-state index in [0.29, 0.717) is 34.8 Å². The number of nitrogens with one attached hydrogen (secondary N) is 2. The van der Waals surface area contributed by atoms with Gasteiger partial charge in [-0.1, -0.05) is 23.7 Å². The normalized spacial score (nSPS) is 15.6. The molecular weight excluding hydrogens is 414 g/mol. The first-order valence-electron chi connectivity index (χ1n) is 9.15. The summed E-state index contributed by atoms with van der Waals surface area (Å²) in [6, 6.07) is 10.6. The number of hydrogen-bond acceptors (Lipinski definition) is 5. The van der Waals surface area contributed by atoms with Crippen molar-refractivity contribution in [1.82, 2.24) is 19.2 Å². The Labute approximate surface area is 173 Å². The summed E-state index contributed by atoms with van der Waals surface area (Å²) in [4.78, 5) is 21.4. The number of amides is 1. The van der Waals surface area contributed by atoms with Gasteiger partial charge in [0.25, 0.3) is 0 Å². The Balaban J connectivity index is 1.38. The number of anilines is 1. The number of nitrogens with zero attached hydrogens (tertiary/aromatic N) is 3. The van der Waals surface area contributed by atoms with Crippen molar-refractivity contribution in [3.8, 4) is 0 Å². The predicted molar refractivity (Wildman–Crippen MR) is 111 cm³/mol. The van der Waals surface area contributed by atoms with Crippen LogP contribution in [0.4, 0.5) is 5.69 Å². The van der Waals surface area contributed by atoms with Gasteiger partial charge in [0.1, 0.15) is 10.5 Å². The maximum atomic E-state index is 13.0. The summed E-state index contributed by atoms with van der Waals surface area (Å²) in [6.07, 6.45) is 3.08. The fourth-order valence-corrected chi connectivity index (χ4v) is 5.12. The van der Waals surface area contributed by atoms with Crippen LogP contribution in [0.5, 0.6) is 0 Å². The molecule has 0 saturated carbocycles. The number of H-pyrrole nitrogens is 1. The molecular formula is C19H20ClN5O3S. The van der Waals surface area contributed by atoms with Gasteiger partial charge in [0.15, 0.2) is 0 Å². The van der Waals surface area contributed by atoms with Crippen LogP contribution in [0.2, 0.25) is 5.02 Å². The van der Waals surface area contributed by atoms with Crippen LogP contribution >= 0.6 is 11.6 Å². The molecule has 0 unspecified atom stereocenters. The van der Waals surface area contributed by atoms with Gasteiger partial charge in [-0.05, 0) is 24.3 Å². The number of benzene rings is 1. The quantitative estimate of drug-likeness (QED) is 0.642. The Bertz CT molecular complexity index is 1140. The molecule has 2 aromatic heterocycles. The average molecular weight is 434 g/mol. The minimum atomic E-state index is -3.66. The van der Waals surface area contributed by atoms with E-state index in [1.807, 2.05) is 12.1 Å². The molecule has 1 amide bonds. The molecule has 3 aromatic rings. The minimum Gasteiger partial charge on any atom is -0.375 e. The van der Waals surface area contributed by atoms with E-state index in [1.165, 1.54) is 10.5 Å². The topological polar surface area (TPSA) is 98.4 Å². The maximum Gasteiger partial charge on any atom is 0.245 e. The van der Waals surface area contributed by atoms with Gasteiger partial charge in [-0.2, -0.15) is 4.31 Å². The zero-order valence-corrected chi connectivity index (χ0v) is 17.1. The molecule has 0 radical (unpaired) electrons. The smallest absolute Gasteiger partial charge is 0.245 e. The van der Waals surface area contributed by atoms with Gasteiger partial charge >= 0.3 is 0 Å². The number of hydrogen-bond donors (Lipinski definition) is 2. The molecule has 4 rings (SSSR count). The Morgan fingerprint density at radius 3 is 2.66 bits per heavy atom. The summed E-state index contributed by atoms with van der Waals surface area (Å²) >= 11 is 6.09. The molecule has 0 spiro atoms. The van der Waals surface area contributed by atoms with Crippen molar-refractivity contribution in [2.45, 2.75) is 4.90 Å². The number of aromatic nitrogens is 2.